The molecule has 0 aromatic heterocycles. The highest BCUT2D eigenvalue weighted by molar-refractivity contribution is 6.31. The molecule has 0 saturated carbocycles. The highest BCUT2D eigenvalue weighted by Gasteiger charge is 2.14. The van der Waals surface area contributed by atoms with Crippen molar-refractivity contribution >= 4 is 34.7 Å². The number of benzene rings is 2. The third-order valence-electron chi connectivity index (χ3n) is 3.16. The molecule has 2 rings (SSSR count). The molecule has 0 heterocycles. The van der Waals surface area contributed by atoms with Crippen molar-refractivity contribution in [2.45, 2.75) is 6.92 Å². The second kappa shape index (κ2) is 6.97. The lowest BCUT2D eigenvalue weighted by molar-refractivity contribution is -0.384. The average Bonchev–Trinajstić information content (AvgIpc) is 2.51. The van der Waals surface area contributed by atoms with Crippen molar-refractivity contribution in [1.29, 1.82) is 0 Å². The predicted octanol–water partition coefficient (Wildman–Crippen LogP) is 4.21. The number of nitrogens with one attached hydrogen (secondary N) is 2. The monoisotopic (exact) mass is 335 g/mol. The maximum atomic E-state index is 12.1. The summed E-state index contributed by atoms with van der Waals surface area (Å²) in [6, 6.07) is 8.49. The maximum absolute atomic E-state index is 12.1. The van der Waals surface area contributed by atoms with E-state index in [2.05, 4.69) is 10.6 Å². The van der Waals surface area contributed by atoms with Gasteiger partial charge in [0.15, 0.2) is 0 Å². The van der Waals surface area contributed by atoms with Gasteiger partial charge >= 0.3 is 6.03 Å². The van der Waals surface area contributed by atoms with Gasteiger partial charge in [0.1, 0.15) is 5.75 Å². The number of rotatable bonds is 4. The van der Waals surface area contributed by atoms with Crippen LogP contribution >= 0.6 is 11.6 Å². The fraction of sp³-hybridized carbons (Fsp3) is 0.133. The lowest BCUT2D eigenvalue weighted by Crippen LogP contribution is -2.20. The van der Waals surface area contributed by atoms with Gasteiger partial charge in [-0.15, -0.1) is 0 Å². The van der Waals surface area contributed by atoms with Gasteiger partial charge in [-0.25, -0.2) is 4.79 Å². The molecule has 23 heavy (non-hydrogen) atoms. The van der Waals surface area contributed by atoms with Gasteiger partial charge in [0, 0.05) is 22.8 Å². The molecule has 0 aliphatic heterocycles. The summed E-state index contributed by atoms with van der Waals surface area (Å²) < 4.78 is 5.09. The van der Waals surface area contributed by atoms with E-state index in [0.717, 1.165) is 5.56 Å². The third kappa shape index (κ3) is 3.89. The van der Waals surface area contributed by atoms with E-state index >= 15 is 0 Å². The van der Waals surface area contributed by atoms with Crippen LogP contribution in [0.25, 0.3) is 0 Å². The average molecular weight is 336 g/mol. The van der Waals surface area contributed by atoms with E-state index in [1.165, 1.54) is 25.3 Å². The number of halogens is 1. The molecule has 0 saturated heterocycles. The Morgan fingerprint density at radius 1 is 1.22 bits per heavy atom. The van der Waals surface area contributed by atoms with Crippen LogP contribution in [0.1, 0.15) is 5.56 Å². The van der Waals surface area contributed by atoms with Crippen molar-refractivity contribution in [3.8, 4) is 5.75 Å². The van der Waals surface area contributed by atoms with Gasteiger partial charge in [-0.3, -0.25) is 10.1 Å². The summed E-state index contributed by atoms with van der Waals surface area (Å²) in [5, 5.41) is 16.5. The van der Waals surface area contributed by atoms with E-state index in [0.29, 0.717) is 16.5 Å². The van der Waals surface area contributed by atoms with Crippen molar-refractivity contribution in [3.05, 3.63) is 57.1 Å². The van der Waals surface area contributed by atoms with Crippen LogP contribution < -0.4 is 15.4 Å². The molecule has 0 unspecified atom stereocenters. The Bertz CT molecular complexity index is 764. The molecule has 2 amide bonds. The predicted molar refractivity (Wildman–Crippen MR) is 88.5 cm³/mol. The molecule has 0 atom stereocenters. The number of nitrogens with zero attached hydrogens (tertiary/aromatic N) is 1. The Morgan fingerprint density at radius 3 is 2.57 bits per heavy atom. The second-order valence-electron chi connectivity index (χ2n) is 4.63. The lowest BCUT2D eigenvalue weighted by atomic mass is 10.2. The van der Waals surface area contributed by atoms with Crippen LogP contribution in [-0.2, 0) is 0 Å². The van der Waals surface area contributed by atoms with E-state index in [-0.39, 0.29) is 11.4 Å². The summed E-state index contributed by atoms with van der Waals surface area (Å²) in [6.07, 6.45) is 0. The van der Waals surface area contributed by atoms with Crippen LogP contribution in [0.15, 0.2) is 36.4 Å². The van der Waals surface area contributed by atoms with E-state index in [4.69, 9.17) is 16.3 Å². The molecule has 2 aromatic rings. The first-order valence-electron chi connectivity index (χ1n) is 6.58. The topological polar surface area (TPSA) is 93.5 Å². The van der Waals surface area contributed by atoms with Crippen LogP contribution in [0.4, 0.5) is 21.9 Å². The zero-order valence-corrected chi connectivity index (χ0v) is 13.2. The number of non-ortho nitro benzene ring substituents is 1. The number of anilines is 2. The fourth-order valence-corrected chi connectivity index (χ4v) is 2.10. The molecule has 0 fully saturated rings. The Morgan fingerprint density at radius 2 is 1.91 bits per heavy atom. The largest absolute Gasteiger partial charge is 0.495 e. The van der Waals surface area contributed by atoms with E-state index in [1.807, 2.05) is 0 Å². The molecule has 0 aliphatic carbocycles. The lowest BCUT2D eigenvalue weighted by Gasteiger charge is -2.12. The van der Waals surface area contributed by atoms with Crippen LogP contribution in [0.5, 0.6) is 5.75 Å². The number of hydrogen-bond donors (Lipinski definition) is 2. The Hall–Kier alpha value is -2.80. The third-order valence-corrected chi connectivity index (χ3v) is 3.57. The number of carbonyl (C=O) groups is 1. The number of carbonyl (C=O) groups excluding carboxylic acids is 1. The normalized spacial score (nSPS) is 10.0. The van der Waals surface area contributed by atoms with E-state index in [1.54, 1.807) is 25.1 Å². The van der Waals surface area contributed by atoms with Crippen LogP contribution in [0.3, 0.4) is 0 Å². The van der Waals surface area contributed by atoms with Gasteiger partial charge in [-0.05, 0) is 30.7 Å². The highest BCUT2D eigenvalue weighted by Crippen LogP contribution is 2.29. The van der Waals surface area contributed by atoms with Gasteiger partial charge in [0.2, 0.25) is 0 Å². The number of urea groups is 1. The van der Waals surface area contributed by atoms with Crippen LogP contribution in [-0.4, -0.2) is 18.1 Å². The summed E-state index contributed by atoms with van der Waals surface area (Å²) in [5.41, 5.74) is 1.30. The minimum Gasteiger partial charge on any atom is -0.495 e. The molecule has 2 N–H and O–H groups in total. The van der Waals surface area contributed by atoms with Crippen molar-refractivity contribution < 1.29 is 14.5 Å². The standard InChI is InChI=1S/C15H14ClN3O4/c1-9-11(16)4-3-5-12(9)17-15(20)18-13-8-10(19(21)22)6-7-14(13)23-2/h3-8H,1-2H3,(H2,17,18,20). The zero-order chi connectivity index (χ0) is 17.0. The molecule has 0 bridgehead atoms. The molecule has 8 heteroatoms. The summed E-state index contributed by atoms with van der Waals surface area (Å²) in [5.74, 6) is 0.313. The molecule has 2 aromatic carbocycles. The molecular weight excluding hydrogens is 322 g/mol. The van der Waals surface area contributed by atoms with E-state index < -0.39 is 11.0 Å². The highest BCUT2D eigenvalue weighted by atomic mass is 35.5. The summed E-state index contributed by atoms with van der Waals surface area (Å²) in [4.78, 5) is 22.4. The molecule has 0 spiro atoms. The Balaban J connectivity index is 2.21. The van der Waals surface area contributed by atoms with Gasteiger partial charge in [0.05, 0.1) is 17.7 Å². The zero-order valence-electron chi connectivity index (χ0n) is 12.4. The second-order valence-corrected chi connectivity index (χ2v) is 5.04. The van der Waals surface area contributed by atoms with Crippen molar-refractivity contribution in [1.82, 2.24) is 0 Å². The van der Waals surface area contributed by atoms with Crippen molar-refractivity contribution in [3.63, 3.8) is 0 Å². The van der Waals surface area contributed by atoms with Gasteiger partial charge < -0.3 is 15.4 Å². The molecule has 0 radical (unpaired) electrons. The van der Waals surface area contributed by atoms with Gasteiger partial charge in [-0.1, -0.05) is 17.7 Å². The Labute approximate surface area is 137 Å². The molecule has 120 valence electrons. The van der Waals surface area contributed by atoms with E-state index in [9.17, 15) is 14.9 Å². The maximum Gasteiger partial charge on any atom is 0.323 e. The fourth-order valence-electron chi connectivity index (χ4n) is 1.93. The molecule has 0 aliphatic rings. The van der Waals surface area contributed by atoms with Crippen molar-refractivity contribution in [2.75, 3.05) is 17.7 Å². The first-order chi connectivity index (χ1) is 10.9. The molecule has 7 nitrogen and oxygen atoms in total. The van der Waals surface area contributed by atoms with Crippen LogP contribution in [0, 0.1) is 17.0 Å². The first kappa shape index (κ1) is 16.6. The minimum absolute atomic E-state index is 0.153. The Kier molecular flexibility index (Phi) is 5.02. The number of amides is 2. The number of hydrogen-bond acceptors (Lipinski definition) is 4. The van der Waals surface area contributed by atoms with Crippen molar-refractivity contribution in [2.24, 2.45) is 0 Å². The number of ether oxygens (including phenoxy) is 1. The quantitative estimate of drug-likeness (QED) is 0.646. The van der Waals surface area contributed by atoms with Gasteiger partial charge in [0.25, 0.3) is 5.69 Å². The molecular formula is C15H14ClN3O4. The smallest absolute Gasteiger partial charge is 0.323 e. The number of nitro groups is 1. The minimum atomic E-state index is -0.561. The van der Waals surface area contributed by atoms with Crippen LogP contribution in [0.2, 0.25) is 5.02 Å². The first-order valence-corrected chi connectivity index (χ1v) is 6.95. The summed E-state index contributed by atoms with van der Waals surface area (Å²) in [6.45, 7) is 1.77. The summed E-state index contributed by atoms with van der Waals surface area (Å²) in [7, 11) is 1.41. The summed E-state index contributed by atoms with van der Waals surface area (Å²) >= 11 is 5.99. The SMILES string of the molecule is COc1ccc([N+](=O)[O-])cc1NC(=O)Nc1cccc(Cl)c1C. The van der Waals surface area contributed by atoms with Gasteiger partial charge in [-0.2, -0.15) is 0 Å². The number of methoxy groups -OCH3 is 1. The number of nitro benzene ring substituents is 1.